The van der Waals surface area contributed by atoms with E-state index in [1.54, 1.807) is 23.7 Å². The molecule has 0 radical (unpaired) electrons. The monoisotopic (exact) mass is 346 g/mol. The number of carbonyl (C=O) groups excluding carboxylic acids is 1. The van der Waals surface area contributed by atoms with Crippen LogP contribution < -0.4 is 5.32 Å². The van der Waals surface area contributed by atoms with E-state index in [0.29, 0.717) is 19.8 Å². The molecule has 1 aliphatic rings. The Kier molecular flexibility index (Phi) is 5.42. The molecular weight excluding hydrogens is 324 g/mol. The minimum Gasteiger partial charge on any atom is -0.377 e. The minimum atomic E-state index is -0.118. The highest BCUT2D eigenvalue weighted by Crippen LogP contribution is 2.27. The molecule has 0 bridgehead atoms. The van der Waals surface area contributed by atoms with Crippen LogP contribution in [0.15, 0.2) is 29.9 Å². The maximum Gasteiger partial charge on any atom is 0.318 e. The van der Waals surface area contributed by atoms with Crippen LogP contribution in [-0.4, -0.2) is 40.7 Å². The van der Waals surface area contributed by atoms with Gasteiger partial charge in [0, 0.05) is 30.0 Å². The van der Waals surface area contributed by atoms with E-state index < -0.39 is 0 Å². The maximum absolute atomic E-state index is 12.9. The highest BCUT2D eigenvalue weighted by atomic mass is 32.1. The maximum atomic E-state index is 12.9. The van der Waals surface area contributed by atoms with Crippen LogP contribution in [0.4, 0.5) is 4.79 Å². The number of pyridine rings is 1. The fourth-order valence-corrected chi connectivity index (χ4v) is 3.72. The first-order chi connectivity index (χ1) is 11.7. The summed E-state index contributed by atoms with van der Waals surface area (Å²) in [5, 5.41) is 6.08. The van der Waals surface area contributed by atoms with Crippen LogP contribution in [0.3, 0.4) is 0 Å². The number of nitrogens with one attached hydrogen (secondary N) is 1. The van der Waals surface area contributed by atoms with E-state index in [1.165, 1.54) is 0 Å². The van der Waals surface area contributed by atoms with Gasteiger partial charge in [-0.1, -0.05) is 6.92 Å². The Hall–Kier alpha value is -1.99. The number of morpholine rings is 1. The van der Waals surface area contributed by atoms with E-state index in [4.69, 9.17) is 4.74 Å². The third-order valence-electron chi connectivity index (χ3n) is 4.13. The molecule has 7 heteroatoms. The molecule has 3 heterocycles. The fourth-order valence-electron chi connectivity index (χ4n) is 2.83. The molecule has 0 spiro atoms. The van der Waals surface area contributed by atoms with Gasteiger partial charge in [-0.3, -0.25) is 4.98 Å². The lowest BCUT2D eigenvalue weighted by Crippen LogP contribution is -2.48. The van der Waals surface area contributed by atoms with Crippen LogP contribution in [0, 0.1) is 6.92 Å². The number of hydrogen-bond donors (Lipinski definition) is 1. The smallest absolute Gasteiger partial charge is 0.318 e. The Balaban J connectivity index is 1.74. The van der Waals surface area contributed by atoms with Gasteiger partial charge in [0.2, 0.25) is 0 Å². The van der Waals surface area contributed by atoms with E-state index in [-0.39, 0.29) is 18.1 Å². The first-order valence-electron chi connectivity index (χ1n) is 8.16. The Bertz CT molecular complexity index is 676. The van der Waals surface area contributed by atoms with Crippen molar-refractivity contribution in [3.63, 3.8) is 0 Å². The van der Waals surface area contributed by atoms with Gasteiger partial charge in [0.25, 0.3) is 0 Å². The molecule has 1 aliphatic heterocycles. The van der Waals surface area contributed by atoms with Crippen LogP contribution in [0.2, 0.25) is 0 Å². The number of ether oxygens (including phenoxy) is 1. The van der Waals surface area contributed by atoms with Gasteiger partial charge in [-0.25, -0.2) is 9.78 Å². The summed E-state index contributed by atoms with van der Waals surface area (Å²) in [4.78, 5) is 23.3. The van der Waals surface area contributed by atoms with Gasteiger partial charge >= 0.3 is 6.03 Å². The first kappa shape index (κ1) is 16.9. The number of carbonyl (C=O) groups is 1. The summed E-state index contributed by atoms with van der Waals surface area (Å²) >= 11 is 1.58. The van der Waals surface area contributed by atoms with Crippen molar-refractivity contribution in [2.24, 2.45) is 0 Å². The first-order valence-corrected chi connectivity index (χ1v) is 9.03. The lowest BCUT2D eigenvalue weighted by atomic mass is 10.1. The number of nitrogens with zero attached hydrogens (tertiary/aromatic N) is 3. The van der Waals surface area contributed by atoms with Gasteiger partial charge in [0.15, 0.2) is 0 Å². The summed E-state index contributed by atoms with van der Waals surface area (Å²) < 4.78 is 5.58. The lowest BCUT2D eigenvalue weighted by Gasteiger charge is -2.35. The average molecular weight is 346 g/mol. The van der Waals surface area contributed by atoms with Gasteiger partial charge in [-0.2, -0.15) is 0 Å². The molecule has 2 aromatic heterocycles. The number of thiazole rings is 1. The molecule has 0 unspecified atom stereocenters. The Morgan fingerprint density at radius 3 is 2.96 bits per heavy atom. The molecule has 1 fully saturated rings. The zero-order valence-corrected chi connectivity index (χ0v) is 14.8. The largest absolute Gasteiger partial charge is 0.377 e. The van der Waals surface area contributed by atoms with Crippen molar-refractivity contribution in [3.05, 3.63) is 46.2 Å². The summed E-state index contributed by atoms with van der Waals surface area (Å²) in [6.45, 7) is 5.64. The van der Waals surface area contributed by atoms with Gasteiger partial charge < -0.3 is 15.0 Å². The second-order valence-corrected chi connectivity index (χ2v) is 6.69. The summed E-state index contributed by atoms with van der Waals surface area (Å²) in [5.74, 6) is 0. The summed E-state index contributed by atoms with van der Waals surface area (Å²) in [5.41, 5.74) is 2.04. The standard InChI is InChI=1S/C17H22N4O2S/c1-3-14(13-4-6-18-7-5-13)20-17(22)21-8-9-23-10-15(21)16-19-12(2)11-24-16/h4-7,11,14-15H,3,8-10H2,1-2H3,(H,20,22)/t14-,15-/m0/s1. The quantitative estimate of drug-likeness (QED) is 0.924. The van der Waals surface area contributed by atoms with Crippen molar-refractivity contribution >= 4 is 17.4 Å². The predicted octanol–water partition coefficient (Wildman–Crippen LogP) is 3.08. The normalized spacial score (nSPS) is 19.1. The van der Waals surface area contributed by atoms with E-state index in [9.17, 15) is 4.79 Å². The SMILES string of the molecule is CC[C@H](NC(=O)N1CCOC[C@H]1c1nc(C)cs1)c1ccncc1. The van der Waals surface area contributed by atoms with Crippen molar-refractivity contribution in [1.82, 2.24) is 20.2 Å². The van der Waals surface area contributed by atoms with Crippen molar-refractivity contribution in [2.45, 2.75) is 32.4 Å². The molecule has 1 N–H and O–H groups in total. The number of rotatable bonds is 4. The summed E-state index contributed by atoms with van der Waals surface area (Å²) in [6, 6.07) is 3.67. The second-order valence-electron chi connectivity index (χ2n) is 5.80. The van der Waals surface area contributed by atoms with E-state index in [1.807, 2.05) is 29.3 Å². The molecule has 6 nitrogen and oxygen atoms in total. The van der Waals surface area contributed by atoms with E-state index in [2.05, 4.69) is 22.2 Å². The van der Waals surface area contributed by atoms with Gasteiger partial charge in [0.1, 0.15) is 11.0 Å². The number of hydrogen-bond acceptors (Lipinski definition) is 5. The molecule has 24 heavy (non-hydrogen) atoms. The van der Waals surface area contributed by atoms with Crippen LogP contribution >= 0.6 is 11.3 Å². The van der Waals surface area contributed by atoms with Crippen LogP contribution in [-0.2, 0) is 4.74 Å². The van der Waals surface area contributed by atoms with Gasteiger partial charge in [-0.15, -0.1) is 11.3 Å². The lowest BCUT2D eigenvalue weighted by molar-refractivity contribution is 0.0109. The van der Waals surface area contributed by atoms with Crippen molar-refractivity contribution < 1.29 is 9.53 Å². The van der Waals surface area contributed by atoms with Crippen molar-refractivity contribution in [3.8, 4) is 0 Å². The number of urea groups is 1. The van der Waals surface area contributed by atoms with Gasteiger partial charge in [-0.05, 0) is 31.0 Å². The molecular formula is C17H22N4O2S. The average Bonchev–Trinajstić information content (AvgIpc) is 3.06. The molecule has 0 aliphatic carbocycles. The molecule has 1 saturated heterocycles. The Labute approximate surface area is 145 Å². The number of aromatic nitrogens is 2. The van der Waals surface area contributed by atoms with Crippen LogP contribution in [0.5, 0.6) is 0 Å². The Morgan fingerprint density at radius 2 is 2.29 bits per heavy atom. The molecule has 3 rings (SSSR count). The molecule has 2 amide bonds. The highest BCUT2D eigenvalue weighted by molar-refractivity contribution is 7.09. The predicted molar refractivity (Wildman–Crippen MR) is 92.9 cm³/mol. The number of aryl methyl sites for hydroxylation is 1. The topological polar surface area (TPSA) is 67.4 Å². The third kappa shape index (κ3) is 3.73. The highest BCUT2D eigenvalue weighted by Gasteiger charge is 2.31. The van der Waals surface area contributed by atoms with Crippen molar-refractivity contribution in [2.75, 3.05) is 19.8 Å². The molecule has 0 aromatic carbocycles. The Morgan fingerprint density at radius 1 is 1.50 bits per heavy atom. The molecule has 0 saturated carbocycles. The fraction of sp³-hybridized carbons (Fsp3) is 0.471. The zero-order valence-electron chi connectivity index (χ0n) is 13.9. The number of amides is 2. The van der Waals surface area contributed by atoms with Crippen LogP contribution in [0.25, 0.3) is 0 Å². The zero-order chi connectivity index (χ0) is 16.9. The molecule has 2 atom stereocenters. The summed E-state index contributed by atoms with van der Waals surface area (Å²) in [7, 11) is 0. The van der Waals surface area contributed by atoms with Crippen molar-refractivity contribution in [1.29, 1.82) is 0 Å². The third-order valence-corrected chi connectivity index (χ3v) is 5.19. The van der Waals surface area contributed by atoms with Crippen LogP contribution in [0.1, 0.15) is 41.7 Å². The van der Waals surface area contributed by atoms with E-state index in [0.717, 1.165) is 22.7 Å². The summed E-state index contributed by atoms with van der Waals surface area (Å²) in [6.07, 6.45) is 4.32. The van der Waals surface area contributed by atoms with E-state index >= 15 is 0 Å². The molecule has 2 aromatic rings. The van der Waals surface area contributed by atoms with Gasteiger partial charge in [0.05, 0.1) is 19.3 Å². The second kappa shape index (κ2) is 7.72. The molecule has 128 valence electrons. The minimum absolute atomic E-state index is 0.0259.